The van der Waals surface area contributed by atoms with Gasteiger partial charge >= 0.3 is 5.97 Å². The zero-order valence-electron chi connectivity index (χ0n) is 14.1. The van der Waals surface area contributed by atoms with Crippen LogP contribution < -0.4 is 5.32 Å². The molecule has 2 aromatic carbocycles. The van der Waals surface area contributed by atoms with Crippen LogP contribution in [0.4, 0.5) is 0 Å². The topological polar surface area (TPSA) is 79.2 Å². The van der Waals surface area contributed by atoms with Gasteiger partial charge in [0.2, 0.25) is 0 Å². The SMILES string of the molecule is CCCC(NC(=O)COC(=O)c1ccc(C#N)cc1)c1ccccc1. The van der Waals surface area contributed by atoms with Gasteiger partial charge in [-0.1, -0.05) is 43.7 Å². The number of hydrogen-bond donors (Lipinski definition) is 1. The summed E-state index contributed by atoms with van der Waals surface area (Å²) in [5, 5.41) is 11.6. The van der Waals surface area contributed by atoms with E-state index in [1.807, 2.05) is 43.3 Å². The molecule has 1 N–H and O–H groups in total. The Morgan fingerprint density at radius 2 is 1.80 bits per heavy atom. The van der Waals surface area contributed by atoms with Gasteiger partial charge in [-0.3, -0.25) is 4.79 Å². The van der Waals surface area contributed by atoms with Crippen molar-refractivity contribution in [2.24, 2.45) is 0 Å². The van der Waals surface area contributed by atoms with Crippen LogP contribution in [0.25, 0.3) is 0 Å². The normalized spacial score (nSPS) is 11.2. The number of nitrogens with one attached hydrogen (secondary N) is 1. The second-order valence-corrected chi connectivity index (χ2v) is 5.58. The Morgan fingerprint density at radius 1 is 1.12 bits per heavy atom. The van der Waals surface area contributed by atoms with Crippen LogP contribution in [0.5, 0.6) is 0 Å². The lowest BCUT2D eigenvalue weighted by Gasteiger charge is -2.18. The van der Waals surface area contributed by atoms with E-state index in [0.29, 0.717) is 11.1 Å². The lowest BCUT2D eigenvalue weighted by atomic mass is 10.0. The first kappa shape index (κ1) is 18.2. The number of ether oxygens (including phenoxy) is 1. The van der Waals surface area contributed by atoms with Gasteiger partial charge in [0, 0.05) is 0 Å². The van der Waals surface area contributed by atoms with Crippen molar-refractivity contribution < 1.29 is 14.3 Å². The number of amides is 1. The number of hydrogen-bond acceptors (Lipinski definition) is 4. The van der Waals surface area contributed by atoms with Crippen LogP contribution in [0.3, 0.4) is 0 Å². The summed E-state index contributed by atoms with van der Waals surface area (Å²) >= 11 is 0. The van der Waals surface area contributed by atoms with Gasteiger partial charge in [0.1, 0.15) is 0 Å². The highest BCUT2D eigenvalue weighted by Gasteiger charge is 2.15. The second-order valence-electron chi connectivity index (χ2n) is 5.58. The first-order valence-electron chi connectivity index (χ1n) is 8.15. The number of nitrogens with zero attached hydrogens (tertiary/aromatic N) is 1. The van der Waals surface area contributed by atoms with Crippen LogP contribution in [0, 0.1) is 11.3 Å². The molecule has 2 rings (SSSR count). The Bertz CT molecular complexity index is 749. The van der Waals surface area contributed by atoms with E-state index in [9.17, 15) is 9.59 Å². The molecule has 0 bridgehead atoms. The molecule has 0 saturated carbocycles. The van der Waals surface area contributed by atoms with Gasteiger partial charge in [0.15, 0.2) is 6.61 Å². The molecule has 0 aliphatic heterocycles. The molecular formula is C20H20N2O3. The Morgan fingerprint density at radius 3 is 2.40 bits per heavy atom. The zero-order chi connectivity index (χ0) is 18.1. The van der Waals surface area contributed by atoms with E-state index in [4.69, 9.17) is 10.00 Å². The Balaban J connectivity index is 1.90. The van der Waals surface area contributed by atoms with Crippen molar-refractivity contribution >= 4 is 11.9 Å². The molecular weight excluding hydrogens is 316 g/mol. The van der Waals surface area contributed by atoms with E-state index >= 15 is 0 Å². The van der Waals surface area contributed by atoms with Crippen molar-refractivity contribution in [3.05, 3.63) is 71.3 Å². The smallest absolute Gasteiger partial charge is 0.338 e. The summed E-state index contributed by atoms with van der Waals surface area (Å²) in [5.41, 5.74) is 1.79. The minimum Gasteiger partial charge on any atom is -0.452 e. The van der Waals surface area contributed by atoms with Gasteiger partial charge in [0.25, 0.3) is 5.91 Å². The average molecular weight is 336 g/mol. The van der Waals surface area contributed by atoms with Crippen LogP contribution in [-0.4, -0.2) is 18.5 Å². The van der Waals surface area contributed by atoms with Gasteiger partial charge in [-0.2, -0.15) is 5.26 Å². The standard InChI is InChI=1S/C20H20N2O3/c1-2-6-18(16-7-4-3-5-8-16)22-19(23)14-25-20(24)17-11-9-15(13-21)10-12-17/h3-5,7-12,18H,2,6,14H2,1H3,(H,22,23). The van der Waals surface area contributed by atoms with E-state index < -0.39 is 5.97 Å². The predicted octanol–water partition coefficient (Wildman–Crippen LogP) is 3.37. The van der Waals surface area contributed by atoms with E-state index in [2.05, 4.69) is 5.32 Å². The number of nitriles is 1. The van der Waals surface area contributed by atoms with Crippen molar-refractivity contribution in [1.29, 1.82) is 5.26 Å². The first-order valence-corrected chi connectivity index (χ1v) is 8.15. The van der Waals surface area contributed by atoms with E-state index in [1.54, 1.807) is 0 Å². The maximum Gasteiger partial charge on any atom is 0.338 e. The van der Waals surface area contributed by atoms with Gasteiger partial charge in [-0.25, -0.2) is 4.79 Å². The number of esters is 1. The van der Waals surface area contributed by atoms with Gasteiger partial charge < -0.3 is 10.1 Å². The number of rotatable bonds is 7. The molecule has 5 nitrogen and oxygen atoms in total. The molecule has 25 heavy (non-hydrogen) atoms. The van der Waals surface area contributed by atoms with Crippen molar-refractivity contribution in [1.82, 2.24) is 5.32 Å². The molecule has 2 aromatic rings. The van der Waals surface area contributed by atoms with E-state index in [0.717, 1.165) is 18.4 Å². The van der Waals surface area contributed by atoms with Crippen LogP contribution in [-0.2, 0) is 9.53 Å². The maximum absolute atomic E-state index is 12.1. The molecule has 1 amide bonds. The predicted molar refractivity (Wildman–Crippen MR) is 93.7 cm³/mol. The molecule has 5 heteroatoms. The maximum atomic E-state index is 12.1. The summed E-state index contributed by atoms with van der Waals surface area (Å²) < 4.78 is 5.04. The summed E-state index contributed by atoms with van der Waals surface area (Å²) in [6.07, 6.45) is 1.73. The molecule has 128 valence electrons. The highest BCUT2D eigenvalue weighted by Crippen LogP contribution is 2.17. The number of carbonyl (C=O) groups is 2. The third-order valence-corrected chi connectivity index (χ3v) is 3.70. The zero-order valence-corrected chi connectivity index (χ0v) is 14.1. The molecule has 0 aromatic heterocycles. The number of carbonyl (C=O) groups excluding carboxylic acids is 2. The molecule has 1 unspecified atom stereocenters. The molecule has 0 aliphatic rings. The fourth-order valence-electron chi connectivity index (χ4n) is 2.43. The minimum absolute atomic E-state index is 0.104. The van der Waals surface area contributed by atoms with Crippen LogP contribution in [0.1, 0.15) is 47.3 Å². The Labute approximate surface area is 147 Å². The molecule has 0 aliphatic carbocycles. The van der Waals surface area contributed by atoms with Crippen LogP contribution in [0.2, 0.25) is 0 Å². The van der Waals surface area contributed by atoms with E-state index in [-0.39, 0.29) is 18.6 Å². The summed E-state index contributed by atoms with van der Waals surface area (Å²) in [6.45, 7) is 1.71. The third-order valence-electron chi connectivity index (χ3n) is 3.70. The van der Waals surface area contributed by atoms with Crippen LogP contribution >= 0.6 is 0 Å². The largest absolute Gasteiger partial charge is 0.452 e. The van der Waals surface area contributed by atoms with Crippen molar-refractivity contribution in [2.75, 3.05) is 6.61 Å². The summed E-state index contributed by atoms with van der Waals surface area (Å²) in [6, 6.07) is 17.6. The van der Waals surface area contributed by atoms with Gasteiger partial charge in [0.05, 0.1) is 23.2 Å². The van der Waals surface area contributed by atoms with Crippen LogP contribution in [0.15, 0.2) is 54.6 Å². The molecule has 0 spiro atoms. The lowest BCUT2D eigenvalue weighted by molar-refractivity contribution is -0.125. The minimum atomic E-state index is -0.591. The number of benzene rings is 2. The first-order chi connectivity index (χ1) is 12.1. The van der Waals surface area contributed by atoms with Crippen molar-refractivity contribution in [3.8, 4) is 6.07 Å². The molecule has 0 fully saturated rings. The summed E-state index contributed by atoms with van der Waals surface area (Å²) in [4.78, 5) is 24.1. The second kappa shape index (κ2) is 9.24. The molecule has 0 saturated heterocycles. The summed E-state index contributed by atoms with van der Waals surface area (Å²) in [7, 11) is 0. The summed E-state index contributed by atoms with van der Waals surface area (Å²) in [5.74, 6) is -0.935. The molecule has 1 atom stereocenters. The highest BCUT2D eigenvalue weighted by atomic mass is 16.5. The van der Waals surface area contributed by atoms with Gasteiger partial charge in [-0.05, 0) is 36.2 Å². The third kappa shape index (κ3) is 5.47. The van der Waals surface area contributed by atoms with E-state index in [1.165, 1.54) is 24.3 Å². The van der Waals surface area contributed by atoms with Gasteiger partial charge in [-0.15, -0.1) is 0 Å². The van der Waals surface area contributed by atoms with Crippen molar-refractivity contribution in [3.63, 3.8) is 0 Å². The quantitative estimate of drug-likeness (QED) is 0.786. The molecule has 0 heterocycles. The monoisotopic (exact) mass is 336 g/mol. The lowest BCUT2D eigenvalue weighted by Crippen LogP contribution is -2.32. The Hall–Kier alpha value is -3.13. The Kier molecular flexibility index (Phi) is 6.73. The highest BCUT2D eigenvalue weighted by molar-refractivity contribution is 5.91. The average Bonchev–Trinajstić information content (AvgIpc) is 2.66. The fourth-order valence-corrected chi connectivity index (χ4v) is 2.43. The molecule has 0 radical (unpaired) electrons. The fraction of sp³-hybridized carbons (Fsp3) is 0.250. The van der Waals surface area contributed by atoms with Crippen molar-refractivity contribution in [2.45, 2.75) is 25.8 Å².